The molecule has 1 aliphatic heterocycles. The summed E-state index contributed by atoms with van der Waals surface area (Å²) >= 11 is 0. The number of carbonyl (C=O) groups is 2. The maximum atomic E-state index is 14.1. The van der Waals surface area contributed by atoms with E-state index in [0.717, 1.165) is 24.8 Å². The molecule has 2 aliphatic rings. The Morgan fingerprint density at radius 2 is 2.13 bits per heavy atom. The highest BCUT2D eigenvalue weighted by Gasteiger charge is 2.26. The Labute approximate surface area is 140 Å². The molecule has 0 saturated heterocycles. The number of carbonyl (C=O) groups excluding carboxylic acids is 2. The Morgan fingerprint density at radius 3 is 2.83 bits per heavy atom. The number of halogens is 2. The summed E-state index contributed by atoms with van der Waals surface area (Å²) in [6.07, 6.45) is 4.21. The van der Waals surface area contributed by atoms with Crippen molar-refractivity contribution < 1.29 is 14.0 Å². The quantitative estimate of drug-likeness (QED) is 0.790. The zero-order valence-corrected chi connectivity index (χ0v) is 13.5. The van der Waals surface area contributed by atoms with Crippen LogP contribution in [0.2, 0.25) is 0 Å². The number of rotatable bonds is 3. The Morgan fingerprint density at radius 1 is 1.35 bits per heavy atom. The van der Waals surface area contributed by atoms with Gasteiger partial charge in [0.15, 0.2) is 0 Å². The molecule has 23 heavy (non-hydrogen) atoms. The van der Waals surface area contributed by atoms with Crippen LogP contribution in [0.5, 0.6) is 0 Å². The van der Waals surface area contributed by atoms with Crippen LogP contribution in [0.4, 0.5) is 15.8 Å². The zero-order valence-electron chi connectivity index (χ0n) is 12.7. The molecule has 0 radical (unpaired) electrons. The highest BCUT2D eigenvalue weighted by Crippen LogP contribution is 2.30. The predicted octanol–water partition coefficient (Wildman–Crippen LogP) is 2.59. The summed E-state index contributed by atoms with van der Waals surface area (Å²) in [5, 5.41) is 5.27. The number of nitrogens with two attached hydrogens (primary N) is 1. The summed E-state index contributed by atoms with van der Waals surface area (Å²) in [5.74, 6) is -0.676. The lowest BCUT2D eigenvalue weighted by molar-refractivity contribution is -0.117. The molecular formula is C16H21ClFN3O2. The summed E-state index contributed by atoms with van der Waals surface area (Å²) in [4.78, 5) is 23.4. The van der Waals surface area contributed by atoms with Crippen LogP contribution >= 0.6 is 12.4 Å². The summed E-state index contributed by atoms with van der Waals surface area (Å²) in [7, 11) is 0. The normalized spacial score (nSPS) is 22.8. The summed E-state index contributed by atoms with van der Waals surface area (Å²) < 4.78 is 14.1. The van der Waals surface area contributed by atoms with Crippen LogP contribution < -0.4 is 16.4 Å². The lowest BCUT2D eigenvalue weighted by Crippen LogP contribution is -2.28. The number of amides is 2. The van der Waals surface area contributed by atoms with Crippen molar-refractivity contribution in [3.63, 3.8) is 0 Å². The van der Waals surface area contributed by atoms with Gasteiger partial charge in [-0.3, -0.25) is 9.59 Å². The van der Waals surface area contributed by atoms with Gasteiger partial charge in [0.2, 0.25) is 11.8 Å². The van der Waals surface area contributed by atoms with Gasteiger partial charge in [-0.15, -0.1) is 12.4 Å². The molecule has 3 rings (SSSR count). The molecule has 2 amide bonds. The van der Waals surface area contributed by atoms with Crippen LogP contribution in [-0.2, 0) is 16.0 Å². The van der Waals surface area contributed by atoms with E-state index in [2.05, 4.69) is 10.6 Å². The summed E-state index contributed by atoms with van der Waals surface area (Å²) in [6.45, 7) is 0. The molecule has 7 heteroatoms. The Bertz CT molecular complexity index is 624. The molecule has 4 N–H and O–H groups in total. The van der Waals surface area contributed by atoms with Crippen molar-refractivity contribution >= 4 is 35.6 Å². The van der Waals surface area contributed by atoms with Crippen molar-refractivity contribution in [3.05, 3.63) is 23.5 Å². The standard InChI is InChI=1S/C16H20FN3O2.ClH/c17-11-8-13-10(4-5-15(21)19-13)6-14(11)20-16(22)7-9-2-1-3-12(9)18;/h6,8-9,12H,1-5,7,18H2,(H,19,21)(H,20,22);1H/t9-,12+;/m0./s1. The van der Waals surface area contributed by atoms with E-state index in [1.807, 2.05) is 0 Å². The van der Waals surface area contributed by atoms with Crippen molar-refractivity contribution in [1.82, 2.24) is 0 Å². The number of nitrogens with one attached hydrogen (secondary N) is 2. The Hall–Kier alpha value is -1.66. The fourth-order valence-electron chi connectivity index (χ4n) is 3.26. The van der Waals surface area contributed by atoms with E-state index in [0.29, 0.717) is 24.9 Å². The SMILES string of the molecule is Cl.N[C@@H]1CCC[C@H]1CC(=O)Nc1cc2c(cc1F)NC(=O)CC2. The van der Waals surface area contributed by atoms with E-state index in [-0.39, 0.29) is 41.9 Å². The first-order valence-corrected chi connectivity index (χ1v) is 7.70. The third kappa shape index (κ3) is 4.00. The Kier molecular flexibility index (Phi) is 5.59. The van der Waals surface area contributed by atoms with Crippen molar-refractivity contribution in [2.45, 2.75) is 44.6 Å². The topological polar surface area (TPSA) is 84.2 Å². The highest BCUT2D eigenvalue weighted by atomic mass is 35.5. The van der Waals surface area contributed by atoms with Gasteiger partial charge in [0.1, 0.15) is 5.82 Å². The third-order valence-electron chi connectivity index (χ3n) is 4.53. The number of hydrogen-bond donors (Lipinski definition) is 3. The third-order valence-corrected chi connectivity index (χ3v) is 4.53. The fourth-order valence-corrected chi connectivity index (χ4v) is 3.26. The van der Waals surface area contributed by atoms with Crippen molar-refractivity contribution in [1.29, 1.82) is 0 Å². The van der Waals surface area contributed by atoms with E-state index < -0.39 is 5.82 Å². The van der Waals surface area contributed by atoms with Crippen LogP contribution in [0.1, 0.15) is 37.7 Å². The first-order valence-electron chi connectivity index (χ1n) is 7.70. The van der Waals surface area contributed by atoms with Gasteiger partial charge < -0.3 is 16.4 Å². The second-order valence-electron chi connectivity index (χ2n) is 6.14. The molecule has 1 saturated carbocycles. The average Bonchev–Trinajstić information content (AvgIpc) is 2.85. The van der Waals surface area contributed by atoms with E-state index >= 15 is 0 Å². The van der Waals surface area contributed by atoms with Gasteiger partial charge in [0.05, 0.1) is 5.69 Å². The number of anilines is 2. The van der Waals surface area contributed by atoms with Gasteiger partial charge in [0.25, 0.3) is 0 Å². The number of fused-ring (bicyclic) bond motifs is 1. The molecule has 1 heterocycles. The predicted molar refractivity (Wildman–Crippen MR) is 89.2 cm³/mol. The maximum Gasteiger partial charge on any atom is 0.224 e. The molecule has 0 bridgehead atoms. The van der Waals surface area contributed by atoms with Crippen molar-refractivity contribution in [2.75, 3.05) is 10.6 Å². The molecule has 2 atom stereocenters. The van der Waals surface area contributed by atoms with Crippen molar-refractivity contribution in [2.24, 2.45) is 11.7 Å². The van der Waals surface area contributed by atoms with Gasteiger partial charge in [0, 0.05) is 24.6 Å². The minimum absolute atomic E-state index is 0. The number of benzene rings is 1. The van der Waals surface area contributed by atoms with E-state index in [1.165, 1.54) is 6.07 Å². The van der Waals surface area contributed by atoms with Gasteiger partial charge in [-0.05, 0) is 42.9 Å². The molecular weight excluding hydrogens is 321 g/mol. The number of aryl methyl sites for hydroxylation is 1. The second-order valence-corrected chi connectivity index (χ2v) is 6.14. The van der Waals surface area contributed by atoms with Gasteiger partial charge >= 0.3 is 0 Å². The highest BCUT2D eigenvalue weighted by molar-refractivity contribution is 5.95. The molecule has 1 aliphatic carbocycles. The minimum atomic E-state index is -0.537. The van der Waals surface area contributed by atoms with Crippen LogP contribution in [-0.4, -0.2) is 17.9 Å². The van der Waals surface area contributed by atoms with Gasteiger partial charge in [-0.25, -0.2) is 4.39 Å². The van der Waals surface area contributed by atoms with Crippen LogP contribution in [0.3, 0.4) is 0 Å². The second kappa shape index (κ2) is 7.27. The molecule has 0 spiro atoms. The largest absolute Gasteiger partial charge is 0.327 e. The summed E-state index contributed by atoms with van der Waals surface area (Å²) in [6, 6.07) is 2.94. The van der Waals surface area contributed by atoms with Crippen LogP contribution in [0.25, 0.3) is 0 Å². The first-order chi connectivity index (χ1) is 10.5. The van der Waals surface area contributed by atoms with Crippen LogP contribution in [0.15, 0.2) is 12.1 Å². The zero-order chi connectivity index (χ0) is 15.7. The molecule has 0 unspecified atom stereocenters. The lowest BCUT2D eigenvalue weighted by atomic mass is 9.99. The molecule has 1 fully saturated rings. The van der Waals surface area contributed by atoms with E-state index in [4.69, 9.17) is 5.73 Å². The van der Waals surface area contributed by atoms with Gasteiger partial charge in [-0.2, -0.15) is 0 Å². The molecule has 5 nitrogen and oxygen atoms in total. The lowest BCUT2D eigenvalue weighted by Gasteiger charge is -2.19. The molecule has 1 aromatic carbocycles. The average molecular weight is 342 g/mol. The first kappa shape index (κ1) is 17.7. The monoisotopic (exact) mass is 341 g/mol. The maximum absolute atomic E-state index is 14.1. The smallest absolute Gasteiger partial charge is 0.224 e. The summed E-state index contributed by atoms with van der Waals surface area (Å²) in [5.41, 5.74) is 7.46. The fraction of sp³-hybridized carbons (Fsp3) is 0.500. The van der Waals surface area contributed by atoms with Gasteiger partial charge in [-0.1, -0.05) is 6.42 Å². The Balaban J connectivity index is 0.00000192. The van der Waals surface area contributed by atoms with Crippen molar-refractivity contribution in [3.8, 4) is 0 Å². The van der Waals surface area contributed by atoms with E-state index in [9.17, 15) is 14.0 Å². The molecule has 126 valence electrons. The number of hydrogen-bond acceptors (Lipinski definition) is 3. The molecule has 1 aromatic rings. The van der Waals surface area contributed by atoms with E-state index in [1.54, 1.807) is 6.07 Å². The van der Waals surface area contributed by atoms with Crippen LogP contribution in [0, 0.1) is 11.7 Å². The minimum Gasteiger partial charge on any atom is -0.327 e. The molecule has 0 aromatic heterocycles.